The second-order valence-corrected chi connectivity index (χ2v) is 11.1. The van der Waals surface area contributed by atoms with Crippen molar-refractivity contribution < 1.29 is 30.8 Å². The lowest BCUT2D eigenvalue weighted by Crippen LogP contribution is -2.17. The van der Waals surface area contributed by atoms with Crippen molar-refractivity contribution in [3.8, 4) is 0 Å². The Morgan fingerprint density at radius 3 is 2.50 bits per heavy atom. The van der Waals surface area contributed by atoms with E-state index in [1.807, 2.05) is 0 Å². The molecule has 0 spiro atoms. The summed E-state index contributed by atoms with van der Waals surface area (Å²) in [5.74, 6) is -1.34. The van der Waals surface area contributed by atoms with Gasteiger partial charge in [-0.3, -0.25) is 4.72 Å². The van der Waals surface area contributed by atoms with Crippen LogP contribution in [0.5, 0.6) is 0 Å². The van der Waals surface area contributed by atoms with E-state index in [1.54, 1.807) is 36.4 Å². The van der Waals surface area contributed by atoms with Crippen LogP contribution < -0.4 is 4.72 Å². The third-order valence-corrected chi connectivity index (χ3v) is 7.82. The summed E-state index contributed by atoms with van der Waals surface area (Å²) in [6.45, 7) is 0. The quantitative estimate of drug-likeness (QED) is 0.361. The van der Waals surface area contributed by atoms with Gasteiger partial charge in [0, 0.05) is 17.6 Å². The predicted molar refractivity (Wildman–Crippen MR) is 125 cm³/mol. The third kappa shape index (κ3) is 4.76. The van der Waals surface area contributed by atoms with E-state index in [0.29, 0.717) is 11.0 Å². The third-order valence-electron chi connectivity index (χ3n) is 4.79. The number of esters is 1. The summed E-state index contributed by atoms with van der Waals surface area (Å²) >= 11 is 5.98. The largest absolute Gasteiger partial charge is 0.465 e. The number of pyridine rings is 1. The van der Waals surface area contributed by atoms with Crippen LogP contribution in [-0.2, 0) is 30.4 Å². The number of carbonyl (C=O) groups excluding carboxylic acids is 1. The normalized spacial score (nSPS) is 11.9. The Bertz CT molecular complexity index is 1580. The molecule has 0 aliphatic heterocycles. The standard InChI is InChI=1S/C22H17ClN2O7S2/c1-31-22(26)17-8-4-2-7-15(17)13-33(27,28)21-18(11-16(23)12-24-21)25-34(29,30)20-10-14-6-3-5-9-19(14)32-20/h2-12,25H,13H2,1H3. The van der Waals surface area contributed by atoms with Crippen molar-refractivity contribution in [1.29, 1.82) is 0 Å². The maximum atomic E-state index is 13.2. The zero-order chi connectivity index (χ0) is 24.5. The van der Waals surface area contributed by atoms with Crippen LogP contribution in [0.4, 0.5) is 5.69 Å². The average Bonchev–Trinajstić information content (AvgIpc) is 3.24. The van der Waals surface area contributed by atoms with Gasteiger partial charge in [-0.15, -0.1) is 0 Å². The predicted octanol–water partition coefficient (Wildman–Crippen LogP) is 4.04. The van der Waals surface area contributed by atoms with Gasteiger partial charge in [0.1, 0.15) is 5.58 Å². The number of fused-ring (bicyclic) bond motifs is 1. The molecule has 34 heavy (non-hydrogen) atoms. The Morgan fingerprint density at radius 2 is 1.76 bits per heavy atom. The molecule has 0 bridgehead atoms. The van der Waals surface area contributed by atoms with E-state index in [0.717, 1.165) is 12.3 Å². The number of carbonyl (C=O) groups is 1. The Morgan fingerprint density at radius 1 is 1.06 bits per heavy atom. The minimum absolute atomic E-state index is 0.0104. The SMILES string of the molecule is COC(=O)c1ccccc1CS(=O)(=O)c1ncc(Cl)cc1NS(=O)(=O)c1cc2ccccc2o1. The Kier molecular flexibility index (Phi) is 6.34. The van der Waals surface area contributed by atoms with Crippen LogP contribution in [0.1, 0.15) is 15.9 Å². The number of rotatable bonds is 7. The summed E-state index contributed by atoms with van der Waals surface area (Å²) in [5.41, 5.74) is 0.215. The highest BCUT2D eigenvalue weighted by atomic mass is 35.5. The zero-order valence-electron chi connectivity index (χ0n) is 17.6. The number of halogens is 1. The summed E-state index contributed by atoms with van der Waals surface area (Å²) in [6, 6.07) is 15.1. The number of para-hydroxylation sites is 1. The van der Waals surface area contributed by atoms with Crippen molar-refractivity contribution in [2.45, 2.75) is 15.9 Å². The van der Waals surface area contributed by atoms with E-state index in [-0.39, 0.29) is 21.8 Å². The van der Waals surface area contributed by atoms with Crippen molar-refractivity contribution in [2.24, 2.45) is 0 Å². The number of anilines is 1. The van der Waals surface area contributed by atoms with Gasteiger partial charge >= 0.3 is 5.97 Å². The number of ether oxygens (including phenoxy) is 1. The lowest BCUT2D eigenvalue weighted by atomic mass is 10.1. The van der Waals surface area contributed by atoms with Gasteiger partial charge in [-0.05, 0) is 23.8 Å². The second kappa shape index (κ2) is 9.09. The van der Waals surface area contributed by atoms with Crippen molar-refractivity contribution in [2.75, 3.05) is 11.8 Å². The number of hydrogen-bond acceptors (Lipinski definition) is 8. The molecule has 2 aromatic carbocycles. The monoisotopic (exact) mass is 520 g/mol. The smallest absolute Gasteiger partial charge is 0.338 e. The number of sulfone groups is 1. The number of methoxy groups -OCH3 is 1. The molecule has 0 unspecified atom stereocenters. The van der Waals surface area contributed by atoms with Gasteiger partial charge in [0.25, 0.3) is 10.0 Å². The summed E-state index contributed by atoms with van der Waals surface area (Å²) in [7, 11) is -7.39. The van der Waals surface area contributed by atoms with E-state index >= 15 is 0 Å². The summed E-state index contributed by atoms with van der Waals surface area (Å²) in [4.78, 5) is 15.9. The van der Waals surface area contributed by atoms with Gasteiger partial charge in [-0.25, -0.2) is 18.2 Å². The molecule has 0 radical (unpaired) electrons. The van der Waals surface area contributed by atoms with Crippen molar-refractivity contribution in [1.82, 2.24) is 4.98 Å². The first kappa shape index (κ1) is 23.7. The summed E-state index contributed by atoms with van der Waals surface area (Å²) in [5, 5.41) is -0.403. The molecule has 9 nitrogen and oxygen atoms in total. The fourth-order valence-corrected chi connectivity index (χ4v) is 5.97. The number of aromatic nitrogens is 1. The van der Waals surface area contributed by atoms with Crippen molar-refractivity contribution in [3.63, 3.8) is 0 Å². The minimum atomic E-state index is -4.33. The second-order valence-electron chi connectivity index (χ2n) is 7.12. The number of hydrogen-bond donors (Lipinski definition) is 1. The average molecular weight is 521 g/mol. The lowest BCUT2D eigenvalue weighted by molar-refractivity contribution is 0.0600. The molecule has 0 atom stereocenters. The minimum Gasteiger partial charge on any atom is -0.465 e. The molecule has 0 aliphatic rings. The molecule has 4 rings (SSSR count). The highest BCUT2D eigenvalue weighted by Crippen LogP contribution is 2.30. The van der Waals surface area contributed by atoms with E-state index in [1.165, 1.54) is 25.3 Å². The summed E-state index contributed by atoms with van der Waals surface area (Å²) in [6.07, 6.45) is 1.08. The van der Waals surface area contributed by atoms with E-state index in [9.17, 15) is 21.6 Å². The Labute approximate surface area is 200 Å². The molecule has 2 aromatic heterocycles. The molecule has 176 valence electrons. The Hall–Kier alpha value is -3.41. The van der Waals surface area contributed by atoms with Crippen LogP contribution in [0.3, 0.4) is 0 Å². The molecule has 0 saturated heterocycles. The molecular weight excluding hydrogens is 504 g/mol. The molecule has 2 heterocycles. The van der Waals surface area contributed by atoms with Gasteiger partial charge in [0.2, 0.25) is 14.9 Å². The molecule has 1 N–H and O–H groups in total. The first-order valence-electron chi connectivity index (χ1n) is 9.66. The van der Waals surface area contributed by atoms with Gasteiger partial charge in [-0.2, -0.15) is 8.42 Å². The highest BCUT2D eigenvalue weighted by Gasteiger charge is 2.28. The van der Waals surface area contributed by atoms with E-state index in [2.05, 4.69) is 9.71 Å². The number of furan rings is 1. The molecular formula is C22H17ClN2O7S2. The van der Waals surface area contributed by atoms with Gasteiger partial charge in [-0.1, -0.05) is 48.0 Å². The first-order chi connectivity index (χ1) is 16.1. The van der Waals surface area contributed by atoms with Crippen LogP contribution in [0.25, 0.3) is 11.0 Å². The van der Waals surface area contributed by atoms with Gasteiger partial charge in [0.05, 0.1) is 29.1 Å². The molecule has 4 aromatic rings. The van der Waals surface area contributed by atoms with E-state index in [4.69, 9.17) is 20.8 Å². The van der Waals surface area contributed by atoms with Gasteiger partial charge in [0.15, 0.2) is 5.03 Å². The molecule has 0 fully saturated rings. The van der Waals surface area contributed by atoms with Crippen LogP contribution in [-0.4, -0.2) is 34.9 Å². The van der Waals surface area contributed by atoms with Crippen LogP contribution >= 0.6 is 11.6 Å². The van der Waals surface area contributed by atoms with Gasteiger partial charge < -0.3 is 9.15 Å². The number of benzene rings is 2. The van der Waals surface area contributed by atoms with Crippen LogP contribution in [0.15, 0.2) is 81.4 Å². The molecule has 0 saturated carbocycles. The summed E-state index contributed by atoms with van der Waals surface area (Å²) < 4.78 is 64.7. The number of nitrogens with zero attached hydrogens (tertiary/aromatic N) is 1. The topological polar surface area (TPSA) is 133 Å². The maximum Gasteiger partial charge on any atom is 0.338 e. The Balaban J connectivity index is 1.73. The first-order valence-corrected chi connectivity index (χ1v) is 13.2. The van der Waals surface area contributed by atoms with E-state index < -0.39 is 41.7 Å². The number of nitrogens with one attached hydrogen (secondary N) is 1. The highest BCUT2D eigenvalue weighted by molar-refractivity contribution is 7.93. The fourth-order valence-electron chi connectivity index (χ4n) is 3.26. The fraction of sp³-hybridized carbons (Fsp3) is 0.0909. The van der Waals surface area contributed by atoms with Crippen molar-refractivity contribution >= 4 is 54.1 Å². The zero-order valence-corrected chi connectivity index (χ0v) is 19.9. The van der Waals surface area contributed by atoms with Crippen LogP contribution in [0, 0.1) is 0 Å². The number of sulfonamides is 1. The molecule has 0 aliphatic carbocycles. The lowest BCUT2D eigenvalue weighted by Gasteiger charge is -2.13. The molecule has 12 heteroatoms. The maximum absolute atomic E-state index is 13.2. The molecule has 0 amide bonds. The van der Waals surface area contributed by atoms with Crippen LogP contribution in [0.2, 0.25) is 5.02 Å². The van der Waals surface area contributed by atoms with Crippen molar-refractivity contribution in [3.05, 3.63) is 83.0 Å².